The van der Waals surface area contributed by atoms with Crippen molar-refractivity contribution in [1.29, 1.82) is 5.26 Å². The first kappa shape index (κ1) is 24.3. The second-order valence-electron chi connectivity index (χ2n) is 9.77. The third-order valence-corrected chi connectivity index (χ3v) is 8.11. The molecule has 0 amide bonds. The van der Waals surface area contributed by atoms with Crippen molar-refractivity contribution >= 4 is 27.9 Å². The van der Waals surface area contributed by atoms with Crippen LogP contribution in [0.1, 0.15) is 54.3 Å². The van der Waals surface area contributed by atoms with Gasteiger partial charge in [-0.15, -0.1) is 11.3 Å². The summed E-state index contributed by atoms with van der Waals surface area (Å²) in [5, 5.41) is 34.4. The fourth-order valence-corrected chi connectivity index (χ4v) is 5.94. The monoisotopic (exact) mass is 503 g/mol. The van der Waals surface area contributed by atoms with Crippen molar-refractivity contribution in [3.05, 3.63) is 74.1 Å². The molecule has 1 aromatic carbocycles. The Bertz CT molecular complexity index is 1570. The highest BCUT2D eigenvalue weighted by molar-refractivity contribution is 7.16. The van der Waals surface area contributed by atoms with E-state index in [0.717, 1.165) is 32.0 Å². The van der Waals surface area contributed by atoms with Gasteiger partial charge in [-0.2, -0.15) is 5.26 Å². The molecule has 4 N–H and O–H groups in total. The molecule has 8 nitrogen and oxygen atoms in total. The van der Waals surface area contributed by atoms with E-state index in [9.17, 15) is 20.3 Å². The number of hydrogen-bond acceptors (Lipinski definition) is 7. The van der Waals surface area contributed by atoms with Crippen molar-refractivity contribution in [3.8, 4) is 16.5 Å². The van der Waals surface area contributed by atoms with Crippen LogP contribution in [0.3, 0.4) is 0 Å². The number of aromatic amines is 1. The van der Waals surface area contributed by atoms with E-state index < -0.39 is 11.8 Å². The van der Waals surface area contributed by atoms with Crippen LogP contribution in [-0.4, -0.2) is 26.3 Å². The van der Waals surface area contributed by atoms with Crippen LogP contribution in [-0.2, 0) is 25.7 Å². The lowest BCUT2D eigenvalue weighted by Crippen LogP contribution is -2.20. The first-order valence-corrected chi connectivity index (χ1v) is 12.7. The number of rotatable bonds is 6. The van der Waals surface area contributed by atoms with Gasteiger partial charge in [-0.25, -0.2) is 0 Å². The van der Waals surface area contributed by atoms with Crippen LogP contribution < -0.4 is 15.8 Å². The maximum atomic E-state index is 13.0. The Morgan fingerprint density at radius 1 is 1.25 bits per heavy atom. The van der Waals surface area contributed by atoms with Gasteiger partial charge in [0, 0.05) is 42.2 Å². The molecule has 0 aliphatic carbocycles. The molecule has 1 aliphatic heterocycles. The third kappa shape index (κ3) is 4.12. The SMILES string of the molecule is CCNC(O)c1cc2c(-c3sc(C(C)(C)O)cc3N3Cc4ccc(C#N)cc4C3)cn(C)c(=O)c2[nH]1. The average Bonchev–Trinajstić information content (AvgIpc) is 3.57. The Balaban J connectivity index is 1.69. The van der Waals surface area contributed by atoms with Gasteiger partial charge in [0.05, 0.1) is 33.5 Å². The zero-order valence-electron chi connectivity index (χ0n) is 20.7. The number of thiophene rings is 1. The maximum Gasteiger partial charge on any atom is 0.274 e. The number of aliphatic hydroxyl groups is 2. The summed E-state index contributed by atoms with van der Waals surface area (Å²) in [7, 11) is 1.71. The van der Waals surface area contributed by atoms with Gasteiger partial charge in [0.1, 0.15) is 11.7 Å². The molecule has 1 atom stereocenters. The number of nitriles is 1. The number of hydrogen-bond donors (Lipinski definition) is 4. The minimum Gasteiger partial charge on any atom is -0.385 e. The van der Waals surface area contributed by atoms with Gasteiger partial charge < -0.3 is 24.7 Å². The van der Waals surface area contributed by atoms with Crippen LogP contribution in [0.4, 0.5) is 5.69 Å². The standard InChI is InChI=1S/C27H29N5O3S/c1-5-29-25(33)20-9-18-19(14-31(4)26(34)23(18)30-20)24-21(10-22(36-24)27(2,3)35)32-12-16-7-6-15(11-28)8-17(16)13-32/h6-10,14,25,29-30,33,35H,5,12-13H2,1-4H3. The molecule has 0 bridgehead atoms. The summed E-state index contributed by atoms with van der Waals surface area (Å²) < 4.78 is 1.54. The predicted octanol–water partition coefficient (Wildman–Crippen LogP) is 3.81. The van der Waals surface area contributed by atoms with Crippen LogP contribution in [0, 0.1) is 11.3 Å². The maximum absolute atomic E-state index is 13.0. The number of fused-ring (bicyclic) bond motifs is 2. The van der Waals surface area contributed by atoms with Crippen molar-refractivity contribution in [2.24, 2.45) is 7.05 Å². The van der Waals surface area contributed by atoms with Gasteiger partial charge in [-0.05, 0) is 55.8 Å². The number of nitrogens with zero attached hydrogens (tertiary/aromatic N) is 3. The zero-order valence-corrected chi connectivity index (χ0v) is 21.5. The average molecular weight is 504 g/mol. The van der Waals surface area contributed by atoms with Crippen LogP contribution >= 0.6 is 11.3 Å². The summed E-state index contributed by atoms with van der Waals surface area (Å²) in [6, 6.07) is 11.8. The van der Waals surface area contributed by atoms with Crippen molar-refractivity contribution in [2.75, 3.05) is 11.4 Å². The van der Waals surface area contributed by atoms with Crippen LogP contribution in [0.15, 0.2) is 41.3 Å². The number of aromatic nitrogens is 2. The van der Waals surface area contributed by atoms with E-state index in [2.05, 4.69) is 21.3 Å². The van der Waals surface area contributed by atoms with Crippen LogP contribution in [0.2, 0.25) is 0 Å². The topological polar surface area (TPSA) is 117 Å². The molecule has 4 aromatic rings. The molecular formula is C27H29N5O3S. The number of nitrogens with one attached hydrogen (secondary N) is 2. The van der Waals surface area contributed by atoms with Gasteiger partial charge in [-0.3, -0.25) is 10.1 Å². The van der Waals surface area contributed by atoms with Crippen molar-refractivity contribution in [1.82, 2.24) is 14.9 Å². The molecule has 3 aromatic heterocycles. The lowest BCUT2D eigenvalue weighted by atomic mass is 10.1. The molecule has 1 unspecified atom stereocenters. The molecule has 0 spiro atoms. The van der Waals surface area contributed by atoms with Gasteiger partial charge in [0.15, 0.2) is 0 Å². The molecular weight excluding hydrogens is 474 g/mol. The number of aliphatic hydroxyl groups excluding tert-OH is 1. The van der Waals surface area contributed by atoms with E-state index in [0.29, 0.717) is 36.4 Å². The summed E-state index contributed by atoms with van der Waals surface area (Å²) in [5.74, 6) is 0. The molecule has 0 radical (unpaired) electrons. The Kier molecular flexibility index (Phi) is 6.01. The molecule has 0 saturated carbocycles. The quantitative estimate of drug-likeness (QED) is 0.297. The molecule has 0 saturated heterocycles. The molecule has 0 fully saturated rings. The van der Waals surface area contributed by atoms with E-state index in [1.807, 2.05) is 43.5 Å². The Hall–Kier alpha value is -3.42. The van der Waals surface area contributed by atoms with Gasteiger partial charge in [0.2, 0.25) is 0 Å². The minimum atomic E-state index is -1.04. The van der Waals surface area contributed by atoms with Gasteiger partial charge in [-0.1, -0.05) is 13.0 Å². The Labute approximate surface area is 213 Å². The first-order valence-electron chi connectivity index (χ1n) is 11.9. The van der Waals surface area contributed by atoms with Crippen molar-refractivity contribution in [2.45, 2.75) is 45.7 Å². The highest BCUT2D eigenvalue weighted by Crippen LogP contribution is 2.46. The van der Waals surface area contributed by atoms with E-state index in [1.165, 1.54) is 16.9 Å². The Morgan fingerprint density at radius 2 is 2.00 bits per heavy atom. The minimum absolute atomic E-state index is 0.179. The summed E-state index contributed by atoms with van der Waals surface area (Å²) in [4.78, 5) is 20.1. The number of H-pyrrole nitrogens is 1. The summed E-state index contributed by atoms with van der Waals surface area (Å²) >= 11 is 1.50. The second-order valence-corrected chi connectivity index (χ2v) is 10.8. The zero-order chi connectivity index (χ0) is 25.8. The molecule has 36 heavy (non-hydrogen) atoms. The largest absolute Gasteiger partial charge is 0.385 e. The first-order chi connectivity index (χ1) is 17.1. The lowest BCUT2D eigenvalue weighted by Gasteiger charge is -2.19. The summed E-state index contributed by atoms with van der Waals surface area (Å²) in [6.45, 7) is 7.34. The van der Waals surface area contributed by atoms with Crippen molar-refractivity contribution in [3.63, 3.8) is 0 Å². The Morgan fingerprint density at radius 3 is 2.69 bits per heavy atom. The fraction of sp³-hybridized carbons (Fsp3) is 0.333. The fourth-order valence-electron chi connectivity index (χ4n) is 4.73. The number of aryl methyl sites for hydroxylation is 1. The van der Waals surface area contributed by atoms with Crippen LogP contribution in [0.25, 0.3) is 21.3 Å². The highest BCUT2D eigenvalue weighted by Gasteiger charge is 2.29. The summed E-state index contributed by atoms with van der Waals surface area (Å²) in [6.07, 6.45) is 0.902. The smallest absolute Gasteiger partial charge is 0.274 e. The molecule has 5 rings (SSSR count). The predicted molar refractivity (Wildman–Crippen MR) is 142 cm³/mol. The third-order valence-electron chi connectivity index (χ3n) is 6.64. The van der Waals surface area contributed by atoms with E-state index in [1.54, 1.807) is 25.5 Å². The van der Waals surface area contributed by atoms with Gasteiger partial charge >= 0.3 is 0 Å². The highest BCUT2D eigenvalue weighted by atomic mass is 32.1. The van der Waals surface area contributed by atoms with E-state index in [-0.39, 0.29) is 5.56 Å². The van der Waals surface area contributed by atoms with Crippen LogP contribution in [0.5, 0.6) is 0 Å². The van der Waals surface area contributed by atoms with E-state index >= 15 is 0 Å². The lowest BCUT2D eigenvalue weighted by molar-refractivity contribution is 0.0826. The number of pyridine rings is 1. The molecule has 4 heterocycles. The normalized spacial score (nSPS) is 14.3. The van der Waals surface area contributed by atoms with E-state index in [4.69, 9.17) is 0 Å². The number of anilines is 1. The van der Waals surface area contributed by atoms with Crippen molar-refractivity contribution < 1.29 is 10.2 Å². The molecule has 9 heteroatoms. The number of benzene rings is 1. The summed E-state index contributed by atoms with van der Waals surface area (Å²) in [5.41, 5.74) is 4.45. The second kappa shape index (κ2) is 8.91. The molecule has 1 aliphatic rings. The molecule has 186 valence electrons. The van der Waals surface area contributed by atoms with Gasteiger partial charge in [0.25, 0.3) is 5.56 Å².